The fraction of sp³-hybridized carbons (Fsp3) is 0.125. The number of alkyl halides is 3. The fourth-order valence-corrected chi connectivity index (χ4v) is 2.34. The van der Waals surface area contributed by atoms with Crippen LogP contribution in [0.2, 0.25) is 0 Å². The summed E-state index contributed by atoms with van der Waals surface area (Å²) in [4.78, 5) is 12.4. The van der Waals surface area contributed by atoms with Gasteiger partial charge in [-0.05, 0) is 12.1 Å². The summed E-state index contributed by atoms with van der Waals surface area (Å²) >= 11 is 0. The third-order valence-corrected chi connectivity index (χ3v) is 3.50. The number of fused-ring (bicyclic) bond motifs is 1. The SMILES string of the molecule is O=C(Nc1ccccc1[C@H](O)C(F)(F)F)c1n[nH]c2ccccc12. The molecule has 0 aliphatic rings. The van der Waals surface area contributed by atoms with E-state index < -0.39 is 23.8 Å². The van der Waals surface area contributed by atoms with Crippen molar-refractivity contribution in [3.63, 3.8) is 0 Å². The van der Waals surface area contributed by atoms with Crippen LogP contribution in [0.25, 0.3) is 10.9 Å². The van der Waals surface area contributed by atoms with Crippen molar-refractivity contribution in [3.8, 4) is 0 Å². The highest BCUT2D eigenvalue weighted by Crippen LogP contribution is 2.36. The molecule has 124 valence electrons. The monoisotopic (exact) mass is 335 g/mol. The highest BCUT2D eigenvalue weighted by Gasteiger charge is 2.40. The van der Waals surface area contributed by atoms with Gasteiger partial charge in [-0.1, -0.05) is 36.4 Å². The van der Waals surface area contributed by atoms with Crippen molar-refractivity contribution in [1.29, 1.82) is 0 Å². The number of aliphatic hydroxyl groups is 1. The summed E-state index contributed by atoms with van der Waals surface area (Å²) in [5.41, 5.74) is 0.130. The van der Waals surface area contributed by atoms with Crippen molar-refractivity contribution in [2.45, 2.75) is 12.3 Å². The number of nitrogens with zero attached hydrogens (tertiary/aromatic N) is 1. The molecule has 1 heterocycles. The Kier molecular flexibility index (Phi) is 3.98. The van der Waals surface area contributed by atoms with Crippen LogP contribution in [0.1, 0.15) is 22.2 Å². The Morgan fingerprint density at radius 1 is 1.12 bits per heavy atom. The van der Waals surface area contributed by atoms with Crippen LogP contribution in [0.4, 0.5) is 18.9 Å². The molecule has 0 radical (unpaired) electrons. The van der Waals surface area contributed by atoms with Crippen LogP contribution >= 0.6 is 0 Å². The van der Waals surface area contributed by atoms with E-state index in [1.807, 2.05) is 0 Å². The first-order valence-electron chi connectivity index (χ1n) is 6.96. The summed E-state index contributed by atoms with van der Waals surface area (Å²) < 4.78 is 38.3. The van der Waals surface area contributed by atoms with Gasteiger partial charge in [-0.15, -0.1) is 0 Å². The quantitative estimate of drug-likeness (QED) is 0.686. The van der Waals surface area contributed by atoms with E-state index in [0.29, 0.717) is 10.9 Å². The lowest BCUT2D eigenvalue weighted by molar-refractivity contribution is -0.206. The van der Waals surface area contributed by atoms with Gasteiger partial charge in [0.2, 0.25) is 0 Å². The van der Waals surface area contributed by atoms with Gasteiger partial charge in [0, 0.05) is 16.6 Å². The van der Waals surface area contributed by atoms with Crippen LogP contribution in [0.5, 0.6) is 0 Å². The number of carbonyl (C=O) groups excluding carboxylic acids is 1. The molecule has 0 bridgehead atoms. The van der Waals surface area contributed by atoms with Crippen molar-refractivity contribution in [1.82, 2.24) is 10.2 Å². The molecule has 8 heteroatoms. The Morgan fingerprint density at radius 2 is 1.79 bits per heavy atom. The third-order valence-electron chi connectivity index (χ3n) is 3.50. The van der Waals surface area contributed by atoms with Gasteiger partial charge in [-0.25, -0.2) is 0 Å². The van der Waals surface area contributed by atoms with Crippen molar-refractivity contribution in [3.05, 3.63) is 59.8 Å². The number of anilines is 1. The number of amides is 1. The van der Waals surface area contributed by atoms with Crippen molar-refractivity contribution in [2.24, 2.45) is 0 Å². The summed E-state index contributed by atoms with van der Waals surface area (Å²) in [7, 11) is 0. The zero-order chi connectivity index (χ0) is 17.3. The molecule has 0 unspecified atom stereocenters. The minimum absolute atomic E-state index is 0.0573. The maximum Gasteiger partial charge on any atom is 0.418 e. The second-order valence-electron chi connectivity index (χ2n) is 5.10. The smallest absolute Gasteiger partial charge is 0.379 e. The molecule has 1 atom stereocenters. The molecule has 0 spiro atoms. The summed E-state index contributed by atoms with van der Waals surface area (Å²) in [6.07, 6.45) is -7.52. The highest BCUT2D eigenvalue weighted by atomic mass is 19.4. The van der Waals surface area contributed by atoms with Crippen LogP contribution in [0, 0.1) is 0 Å². The molecule has 0 aliphatic heterocycles. The zero-order valence-corrected chi connectivity index (χ0v) is 12.1. The predicted molar refractivity (Wildman–Crippen MR) is 81.5 cm³/mol. The number of H-pyrrole nitrogens is 1. The Hall–Kier alpha value is -2.87. The van der Waals surface area contributed by atoms with Crippen molar-refractivity contribution < 1.29 is 23.1 Å². The Bertz CT molecular complexity index is 889. The number of halogens is 3. The van der Waals surface area contributed by atoms with Gasteiger partial charge in [-0.2, -0.15) is 18.3 Å². The Labute approximate surface area is 134 Å². The number of carbonyl (C=O) groups is 1. The molecular formula is C16H12F3N3O2. The molecule has 0 fully saturated rings. The van der Waals surface area contributed by atoms with E-state index in [0.717, 1.165) is 6.07 Å². The number of aliphatic hydroxyl groups excluding tert-OH is 1. The fourth-order valence-electron chi connectivity index (χ4n) is 2.34. The molecule has 0 aliphatic carbocycles. The summed E-state index contributed by atoms with van der Waals surface area (Å²) in [5, 5.41) is 18.9. The Morgan fingerprint density at radius 3 is 2.54 bits per heavy atom. The van der Waals surface area contributed by atoms with Crippen LogP contribution in [0.3, 0.4) is 0 Å². The lowest BCUT2D eigenvalue weighted by Crippen LogP contribution is -2.22. The lowest BCUT2D eigenvalue weighted by Gasteiger charge is -2.18. The van der Waals surface area contributed by atoms with E-state index in [9.17, 15) is 23.1 Å². The molecule has 24 heavy (non-hydrogen) atoms. The molecule has 2 aromatic carbocycles. The molecule has 0 saturated heterocycles. The van der Waals surface area contributed by atoms with Crippen LogP contribution < -0.4 is 5.32 Å². The molecule has 3 N–H and O–H groups in total. The number of aromatic amines is 1. The second kappa shape index (κ2) is 5.97. The van der Waals surface area contributed by atoms with Gasteiger partial charge >= 0.3 is 6.18 Å². The van der Waals surface area contributed by atoms with E-state index in [2.05, 4.69) is 15.5 Å². The molecular weight excluding hydrogens is 323 g/mol. The van der Waals surface area contributed by atoms with E-state index in [4.69, 9.17) is 0 Å². The standard InChI is InChI=1S/C16H12F3N3O2/c17-16(18,19)14(23)10-6-2-3-7-11(10)20-15(24)13-9-5-1-4-8-12(9)21-22-13/h1-8,14,23H,(H,20,24)(H,21,22)/t14-/m0/s1. The van der Waals surface area contributed by atoms with E-state index >= 15 is 0 Å². The topological polar surface area (TPSA) is 78.0 Å². The zero-order valence-electron chi connectivity index (χ0n) is 12.1. The van der Waals surface area contributed by atoms with Gasteiger partial charge in [0.25, 0.3) is 5.91 Å². The number of rotatable bonds is 3. The molecule has 1 amide bonds. The van der Waals surface area contributed by atoms with Gasteiger partial charge in [-0.3, -0.25) is 9.89 Å². The third kappa shape index (κ3) is 2.95. The van der Waals surface area contributed by atoms with Crippen LogP contribution in [0.15, 0.2) is 48.5 Å². The van der Waals surface area contributed by atoms with Crippen molar-refractivity contribution in [2.75, 3.05) is 5.32 Å². The van der Waals surface area contributed by atoms with Gasteiger partial charge in [0.15, 0.2) is 11.8 Å². The van der Waals surface area contributed by atoms with Gasteiger partial charge in [0.1, 0.15) is 0 Å². The largest absolute Gasteiger partial charge is 0.418 e. The minimum Gasteiger partial charge on any atom is -0.379 e. The lowest BCUT2D eigenvalue weighted by atomic mass is 10.1. The molecule has 0 saturated carbocycles. The first kappa shape index (κ1) is 16.0. The average Bonchev–Trinajstić information content (AvgIpc) is 2.98. The highest BCUT2D eigenvalue weighted by molar-refractivity contribution is 6.11. The van der Waals surface area contributed by atoms with Crippen LogP contribution in [-0.2, 0) is 0 Å². The maximum atomic E-state index is 12.8. The number of para-hydroxylation sites is 2. The summed E-state index contributed by atoms with van der Waals surface area (Å²) in [5.74, 6) is -0.672. The van der Waals surface area contributed by atoms with E-state index in [1.165, 1.54) is 18.2 Å². The summed E-state index contributed by atoms with van der Waals surface area (Å²) in [6.45, 7) is 0. The molecule has 3 rings (SSSR count). The predicted octanol–water partition coefficient (Wildman–Crippen LogP) is 3.41. The van der Waals surface area contributed by atoms with Gasteiger partial charge in [0.05, 0.1) is 5.52 Å². The average molecular weight is 335 g/mol. The number of hydrogen-bond donors (Lipinski definition) is 3. The number of benzene rings is 2. The first-order valence-corrected chi connectivity index (χ1v) is 6.96. The molecule has 1 aromatic heterocycles. The number of hydrogen-bond acceptors (Lipinski definition) is 3. The molecule has 3 aromatic rings. The van der Waals surface area contributed by atoms with Crippen LogP contribution in [-0.4, -0.2) is 27.4 Å². The molecule has 5 nitrogen and oxygen atoms in total. The Balaban J connectivity index is 1.93. The van der Waals surface area contributed by atoms with E-state index in [1.54, 1.807) is 24.3 Å². The van der Waals surface area contributed by atoms with Gasteiger partial charge < -0.3 is 10.4 Å². The second-order valence-corrected chi connectivity index (χ2v) is 5.10. The normalized spacial score (nSPS) is 13.0. The van der Waals surface area contributed by atoms with Crippen molar-refractivity contribution >= 4 is 22.5 Å². The minimum atomic E-state index is -4.83. The first-order chi connectivity index (χ1) is 11.4. The number of nitrogens with one attached hydrogen (secondary N) is 2. The van der Waals surface area contributed by atoms with E-state index in [-0.39, 0.29) is 11.4 Å². The summed E-state index contributed by atoms with van der Waals surface area (Å²) in [6, 6.07) is 12.1. The number of aromatic nitrogens is 2. The maximum absolute atomic E-state index is 12.8.